The van der Waals surface area contributed by atoms with Gasteiger partial charge in [-0.3, -0.25) is 14.4 Å². The summed E-state index contributed by atoms with van der Waals surface area (Å²) in [4.78, 5) is 37.5. The molecule has 0 aromatic carbocycles. The SMILES string of the molecule is CC(=O)OCC1(O)C(O)CC(O)C2C3(C)CCc4ccoc4C3(C)C(=O)C(O)C21COC(C)=O. The number of fused-ring (bicyclic) bond motifs is 5. The van der Waals surface area contributed by atoms with E-state index in [-0.39, 0.29) is 6.42 Å². The van der Waals surface area contributed by atoms with Crippen LogP contribution in [0.15, 0.2) is 16.7 Å². The van der Waals surface area contributed by atoms with E-state index in [1.54, 1.807) is 19.9 Å². The molecular weight excluding hydrogens is 448 g/mol. The van der Waals surface area contributed by atoms with Crippen molar-refractivity contribution in [2.75, 3.05) is 13.2 Å². The number of esters is 2. The van der Waals surface area contributed by atoms with Crippen LogP contribution in [0.5, 0.6) is 0 Å². The second-order valence-corrected chi connectivity index (χ2v) is 10.4. The molecule has 1 aromatic heterocycles. The molecule has 0 amide bonds. The van der Waals surface area contributed by atoms with Crippen molar-refractivity contribution in [2.45, 2.75) is 76.3 Å². The molecule has 8 atom stereocenters. The number of aliphatic hydroxyl groups is 4. The molecule has 0 bridgehead atoms. The van der Waals surface area contributed by atoms with Crippen molar-refractivity contribution in [3.63, 3.8) is 0 Å². The van der Waals surface area contributed by atoms with E-state index in [1.807, 2.05) is 0 Å². The third kappa shape index (κ3) is 2.92. The van der Waals surface area contributed by atoms with E-state index in [0.717, 1.165) is 19.4 Å². The maximum Gasteiger partial charge on any atom is 0.302 e. The van der Waals surface area contributed by atoms with Crippen LogP contribution in [0.4, 0.5) is 0 Å². The minimum atomic E-state index is -2.40. The maximum atomic E-state index is 14.1. The predicted molar refractivity (Wildman–Crippen MR) is 114 cm³/mol. The van der Waals surface area contributed by atoms with Gasteiger partial charge in [-0.15, -0.1) is 0 Å². The molecule has 4 rings (SSSR count). The molecule has 0 radical (unpaired) electrons. The summed E-state index contributed by atoms with van der Waals surface area (Å²) >= 11 is 0. The van der Waals surface area contributed by atoms with Crippen LogP contribution in [0.1, 0.15) is 51.9 Å². The molecule has 3 aliphatic carbocycles. The molecule has 2 saturated carbocycles. The molecule has 2 fully saturated rings. The number of Topliss-reactive ketones (excluding diaryl/α,β-unsaturated/α-hetero) is 1. The quantitative estimate of drug-likeness (QED) is 0.432. The zero-order valence-corrected chi connectivity index (χ0v) is 19.7. The first-order chi connectivity index (χ1) is 15.8. The molecule has 3 aliphatic rings. The minimum absolute atomic E-state index is 0.304. The van der Waals surface area contributed by atoms with Gasteiger partial charge in [0.2, 0.25) is 0 Å². The van der Waals surface area contributed by atoms with Crippen LogP contribution < -0.4 is 0 Å². The minimum Gasteiger partial charge on any atom is -0.468 e. The fraction of sp³-hybridized carbons (Fsp3) is 0.708. The van der Waals surface area contributed by atoms with Gasteiger partial charge < -0.3 is 34.3 Å². The normalized spacial score (nSPS) is 43.4. The standard InChI is InChI=1S/C24H32O10/c1-12(25)33-10-23-17(15(27)9-16(28)24(23,31)11-34-13(2)26)21(3)7-5-14-6-8-32-20(14)22(21,4)18(29)19(23)30/h6,8,15-17,19,27-28,30-31H,5,7,9-11H2,1-4H3. The number of rotatable bonds is 4. The molecule has 1 aromatic rings. The topological polar surface area (TPSA) is 164 Å². The Morgan fingerprint density at radius 1 is 1.12 bits per heavy atom. The fourth-order valence-corrected chi connectivity index (χ4v) is 7.08. The summed E-state index contributed by atoms with van der Waals surface area (Å²) in [5.41, 5.74) is -6.12. The van der Waals surface area contributed by atoms with E-state index >= 15 is 0 Å². The van der Waals surface area contributed by atoms with E-state index in [0.29, 0.717) is 18.6 Å². The summed E-state index contributed by atoms with van der Waals surface area (Å²) < 4.78 is 16.1. The van der Waals surface area contributed by atoms with E-state index in [2.05, 4.69) is 0 Å². The zero-order valence-electron chi connectivity index (χ0n) is 19.7. The highest BCUT2D eigenvalue weighted by atomic mass is 16.6. The number of carbonyl (C=O) groups is 3. The number of aliphatic hydroxyl groups excluding tert-OH is 3. The lowest BCUT2D eigenvalue weighted by molar-refractivity contribution is -0.319. The monoisotopic (exact) mass is 480 g/mol. The highest BCUT2D eigenvalue weighted by Gasteiger charge is 2.80. The van der Waals surface area contributed by atoms with Crippen LogP contribution in [-0.2, 0) is 35.7 Å². The van der Waals surface area contributed by atoms with Gasteiger partial charge in [-0.05, 0) is 36.8 Å². The van der Waals surface area contributed by atoms with Gasteiger partial charge in [-0.1, -0.05) is 6.92 Å². The average Bonchev–Trinajstić information content (AvgIpc) is 3.24. The molecular formula is C24H32O10. The lowest BCUT2D eigenvalue weighted by Crippen LogP contribution is -2.82. The number of aryl methyl sites for hydroxylation is 1. The molecule has 0 spiro atoms. The average molecular weight is 481 g/mol. The number of ketones is 1. The van der Waals surface area contributed by atoms with Gasteiger partial charge in [0.25, 0.3) is 0 Å². The van der Waals surface area contributed by atoms with Crippen LogP contribution in [0.3, 0.4) is 0 Å². The van der Waals surface area contributed by atoms with Crippen LogP contribution in [0, 0.1) is 16.7 Å². The van der Waals surface area contributed by atoms with Gasteiger partial charge in [0.1, 0.15) is 30.7 Å². The summed E-state index contributed by atoms with van der Waals surface area (Å²) in [6, 6.07) is 1.76. The summed E-state index contributed by atoms with van der Waals surface area (Å²) in [6.45, 7) is 4.23. The van der Waals surface area contributed by atoms with Crippen molar-refractivity contribution >= 4 is 17.7 Å². The molecule has 0 aliphatic heterocycles. The molecule has 1 heterocycles. The van der Waals surface area contributed by atoms with Crippen molar-refractivity contribution in [1.82, 2.24) is 0 Å². The first-order valence-corrected chi connectivity index (χ1v) is 11.4. The van der Waals surface area contributed by atoms with Crippen LogP contribution in [-0.4, -0.2) is 75.3 Å². The summed E-state index contributed by atoms with van der Waals surface area (Å²) in [7, 11) is 0. The van der Waals surface area contributed by atoms with E-state index < -0.39 is 77.0 Å². The van der Waals surface area contributed by atoms with Gasteiger partial charge in [0, 0.05) is 26.2 Å². The Balaban J connectivity index is 1.99. The Kier molecular flexibility index (Phi) is 5.75. The highest BCUT2D eigenvalue weighted by molar-refractivity contribution is 5.96. The van der Waals surface area contributed by atoms with E-state index in [9.17, 15) is 34.8 Å². The number of ether oxygens (including phenoxy) is 2. The summed E-state index contributed by atoms with van der Waals surface area (Å²) in [5.74, 6) is -2.85. The van der Waals surface area contributed by atoms with Crippen molar-refractivity contribution in [3.05, 3.63) is 23.7 Å². The summed E-state index contributed by atoms with van der Waals surface area (Å²) in [5, 5.41) is 45.9. The fourth-order valence-electron chi connectivity index (χ4n) is 7.08. The zero-order chi connectivity index (χ0) is 25.3. The largest absolute Gasteiger partial charge is 0.468 e. The number of furan rings is 1. The number of carbonyl (C=O) groups excluding carboxylic acids is 3. The Labute approximate surface area is 196 Å². The van der Waals surface area contributed by atoms with E-state index in [4.69, 9.17) is 13.9 Å². The van der Waals surface area contributed by atoms with Gasteiger partial charge in [0.15, 0.2) is 5.78 Å². The molecule has 188 valence electrons. The van der Waals surface area contributed by atoms with Crippen molar-refractivity contribution in [1.29, 1.82) is 0 Å². The van der Waals surface area contributed by atoms with Gasteiger partial charge in [0.05, 0.1) is 29.3 Å². The van der Waals surface area contributed by atoms with Gasteiger partial charge in [-0.2, -0.15) is 0 Å². The Morgan fingerprint density at radius 3 is 2.35 bits per heavy atom. The van der Waals surface area contributed by atoms with E-state index in [1.165, 1.54) is 6.26 Å². The molecule has 10 nitrogen and oxygen atoms in total. The highest BCUT2D eigenvalue weighted by Crippen LogP contribution is 2.69. The molecule has 0 saturated heterocycles. The lowest BCUT2D eigenvalue weighted by Gasteiger charge is -2.69. The van der Waals surface area contributed by atoms with Gasteiger partial charge in [-0.25, -0.2) is 0 Å². The molecule has 8 unspecified atom stereocenters. The first kappa shape index (κ1) is 24.8. The number of hydrogen-bond acceptors (Lipinski definition) is 10. The molecule has 10 heteroatoms. The molecule has 4 N–H and O–H groups in total. The maximum absolute atomic E-state index is 14.1. The second-order valence-electron chi connectivity index (χ2n) is 10.4. The third-order valence-electron chi connectivity index (χ3n) is 8.94. The first-order valence-electron chi connectivity index (χ1n) is 11.4. The lowest BCUT2D eigenvalue weighted by atomic mass is 9.35. The van der Waals surface area contributed by atoms with Crippen molar-refractivity contribution < 1.29 is 48.7 Å². The van der Waals surface area contributed by atoms with Gasteiger partial charge >= 0.3 is 11.9 Å². The second kappa shape index (κ2) is 7.87. The summed E-state index contributed by atoms with van der Waals surface area (Å²) in [6.07, 6.45) is -2.89. The van der Waals surface area contributed by atoms with Crippen LogP contribution in [0.2, 0.25) is 0 Å². The number of hydrogen-bond donors (Lipinski definition) is 4. The Hall–Kier alpha value is -2.27. The van der Waals surface area contributed by atoms with Crippen LogP contribution in [0.25, 0.3) is 0 Å². The third-order valence-corrected chi connectivity index (χ3v) is 8.94. The van der Waals surface area contributed by atoms with Crippen molar-refractivity contribution in [3.8, 4) is 0 Å². The molecule has 34 heavy (non-hydrogen) atoms. The van der Waals surface area contributed by atoms with Crippen molar-refractivity contribution in [2.24, 2.45) is 16.7 Å². The Bertz CT molecular complexity index is 1020. The van der Waals surface area contributed by atoms with Crippen LogP contribution >= 0.6 is 0 Å². The Morgan fingerprint density at radius 2 is 1.74 bits per heavy atom. The smallest absolute Gasteiger partial charge is 0.302 e. The predicted octanol–water partition coefficient (Wildman–Crippen LogP) is 0.0188.